The van der Waals surface area contributed by atoms with E-state index in [4.69, 9.17) is 4.74 Å². The molecule has 2 heterocycles. The zero-order valence-corrected chi connectivity index (χ0v) is 16.5. The molecule has 0 bridgehead atoms. The molecule has 1 atom stereocenters. The first-order valence-electron chi connectivity index (χ1n) is 9.58. The predicted molar refractivity (Wildman–Crippen MR) is 109 cm³/mol. The first-order valence-corrected chi connectivity index (χ1v) is 11.1. The molecule has 2 aromatic carbocycles. The van der Waals surface area contributed by atoms with Crippen LogP contribution in [0.3, 0.4) is 0 Å². The van der Waals surface area contributed by atoms with E-state index in [9.17, 15) is 8.42 Å². The molecule has 1 fully saturated rings. The van der Waals surface area contributed by atoms with Crippen LogP contribution in [-0.2, 0) is 27.8 Å². The molecule has 1 aromatic heterocycles. The average molecular weight is 400 g/mol. The lowest BCUT2D eigenvalue weighted by Gasteiger charge is -2.12. The molecule has 0 spiro atoms. The van der Waals surface area contributed by atoms with Gasteiger partial charge in [0.1, 0.15) is 0 Å². The van der Waals surface area contributed by atoms with Crippen LogP contribution in [0.4, 0.5) is 0 Å². The smallest absolute Gasteiger partial charge is 0.240 e. The number of rotatable bonds is 8. The second-order valence-corrected chi connectivity index (χ2v) is 8.86. The maximum atomic E-state index is 12.4. The van der Waals surface area contributed by atoms with E-state index in [1.807, 2.05) is 24.4 Å². The monoisotopic (exact) mass is 399 g/mol. The standard InChI is InChI=1S/C21H25N3O3S/c25-28(26,24-15-18-4-2-12-27-18)19-8-6-16(7-9-19)13-22-14-17-3-1-5-21-20(17)10-11-23-21/h1,3,5-11,18,22-24H,2,4,12-15H2. The predicted octanol–water partition coefficient (Wildman–Crippen LogP) is 2.92. The summed E-state index contributed by atoms with van der Waals surface area (Å²) >= 11 is 0. The first-order chi connectivity index (χ1) is 13.6. The molecule has 6 nitrogen and oxygen atoms in total. The van der Waals surface area contributed by atoms with Crippen molar-refractivity contribution in [2.24, 2.45) is 0 Å². The summed E-state index contributed by atoms with van der Waals surface area (Å²) in [4.78, 5) is 3.50. The molecular formula is C21H25N3O3S. The van der Waals surface area contributed by atoms with Crippen molar-refractivity contribution < 1.29 is 13.2 Å². The third-order valence-corrected chi connectivity index (χ3v) is 6.53. The molecule has 1 saturated heterocycles. The van der Waals surface area contributed by atoms with Crippen molar-refractivity contribution in [2.45, 2.75) is 36.9 Å². The van der Waals surface area contributed by atoms with Gasteiger partial charge >= 0.3 is 0 Å². The van der Waals surface area contributed by atoms with Gasteiger partial charge in [0.25, 0.3) is 0 Å². The molecule has 7 heteroatoms. The molecule has 0 saturated carbocycles. The summed E-state index contributed by atoms with van der Waals surface area (Å²) in [5.74, 6) is 0. The number of benzene rings is 2. The van der Waals surface area contributed by atoms with Gasteiger partial charge in [0.05, 0.1) is 11.0 Å². The third-order valence-electron chi connectivity index (χ3n) is 5.09. The summed E-state index contributed by atoms with van der Waals surface area (Å²) in [5.41, 5.74) is 3.40. The van der Waals surface area contributed by atoms with Crippen LogP contribution in [0, 0.1) is 0 Å². The van der Waals surface area contributed by atoms with Gasteiger partial charge in [0.2, 0.25) is 10.0 Å². The van der Waals surface area contributed by atoms with Gasteiger partial charge < -0.3 is 15.0 Å². The van der Waals surface area contributed by atoms with Crippen LogP contribution in [0.2, 0.25) is 0 Å². The quantitative estimate of drug-likeness (QED) is 0.544. The van der Waals surface area contributed by atoms with Crippen LogP contribution >= 0.6 is 0 Å². The van der Waals surface area contributed by atoms with Crippen LogP contribution in [-0.4, -0.2) is 32.7 Å². The minimum atomic E-state index is -3.50. The number of sulfonamides is 1. The first kappa shape index (κ1) is 19.1. The SMILES string of the molecule is O=S(=O)(NCC1CCCO1)c1ccc(CNCc2cccc3[nH]ccc23)cc1. The van der Waals surface area contributed by atoms with E-state index in [1.54, 1.807) is 12.1 Å². The van der Waals surface area contributed by atoms with Crippen LogP contribution in [0.5, 0.6) is 0 Å². The topological polar surface area (TPSA) is 83.2 Å². The van der Waals surface area contributed by atoms with Gasteiger partial charge in [-0.1, -0.05) is 24.3 Å². The van der Waals surface area contributed by atoms with E-state index in [2.05, 4.69) is 33.2 Å². The van der Waals surface area contributed by atoms with Crippen molar-refractivity contribution in [1.82, 2.24) is 15.0 Å². The van der Waals surface area contributed by atoms with E-state index >= 15 is 0 Å². The zero-order chi connectivity index (χ0) is 19.4. The molecule has 0 radical (unpaired) electrons. The van der Waals surface area contributed by atoms with E-state index in [0.29, 0.717) is 19.7 Å². The number of nitrogens with one attached hydrogen (secondary N) is 3. The Morgan fingerprint density at radius 1 is 1.07 bits per heavy atom. The highest BCUT2D eigenvalue weighted by Gasteiger charge is 2.20. The summed E-state index contributed by atoms with van der Waals surface area (Å²) in [6.45, 7) is 2.46. The highest BCUT2D eigenvalue weighted by Crippen LogP contribution is 2.18. The van der Waals surface area contributed by atoms with Crippen molar-refractivity contribution in [3.05, 3.63) is 65.9 Å². The molecule has 3 aromatic rings. The summed E-state index contributed by atoms with van der Waals surface area (Å²) in [6.07, 6.45) is 3.83. The molecule has 0 amide bonds. The van der Waals surface area contributed by atoms with Gasteiger partial charge in [0, 0.05) is 43.3 Å². The molecular weight excluding hydrogens is 374 g/mol. The fraction of sp³-hybridized carbons (Fsp3) is 0.333. The minimum absolute atomic E-state index is 0.0114. The normalized spacial score (nSPS) is 17.4. The number of ether oxygens (including phenoxy) is 1. The fourth-order valence-electron chi connectivity index (χ4n) is 3.52. The van der Waals surface area contributed by atoms with Crippen LogP contribution < -0.4 is 10.0 Å². The Kier molecular flexibility index (Phi) is 5.77. The second kappa shape index (κ2) is 8.45. The fourth-order valence-corrected chi connectivity index (χ4v) is 4.59. The highest BCUT2D eigenvalue weighted by atomic mass is 32.2. The number of fused-ring (bicyclic) bond motifs is 1. The molecule has 3 N–H and O–H groups in total. The van der Waals surface area contributed by atoms with Gasteiger partial charge in [-0.05, 0) is 48.2 Å². The lowest BCUT2D eigenvalue weighted by molar-refractivity contribution is 0.114. The molecule has 1 aliphatic heterocycles. The number of aromatic amines is 1. The van der Waals surface area contributed by atoms with Crippen molar-refractivity contribution in [2.75, 3.05) is 13.2 Å². The Morgan fingerprint density at radius 3 is 2.71 bits per heavy atom. The van der Waals surface area contributed by atoms with Crippen molar-refractivity contribution in [1.29, 1.82) is 0 Å². The maximum Gasteiger partial charge on any atom is 0.240 e. The Morgan fingerprint density at radius 2 is 1.93 bits per heavy atom. The van der Waals surface area contributed by atoms with Gasteiger partial charge in [0.15, 0.2) is 0 Å². The van der Waals surface area contributed by atoms with Crippen molar-refractivity contribution in [3.63, 3.8) is 0 Å². The molecule has 4 rings (SSSR count). The van der Waals surface area contributed by atoms with E-state index in [-0.39, 0.29) is 11.0 Å². The van der Waals surface area contributed by atoms with E-state index < -0.39 is 10.0 Å². The Bertz CT molecular complexity index is 1020. The largest absolute Gasteiger partial charge is 0.377 e. The Balaban J connectivity index is 1.32. The number of hydrogen-bond donors (Lipinski definition) is 3. The Hall–Kier alpha value is -2.19. The highest BCUT2D eigenvalue weighted by molar-refractivity contribution is 7.89. The Labute approximate surface area is 165 Å². The molecule has 1 unspecified atom stereocenters. The summed E-state index contributed by atoms with van der Waals surface area (Å²) < 4.78 is 32.9. The van der Waals surface area contributed by atoms with Gasteiger partial charge in [-0.3, -0.25) is 0 Å². The minimum Gasteiger partial charge on any atom is -0.377 e. The lowest BCUT2D eigenvalue weighted by Crippen LogP contribution is -2.31. The number of H-pyrrole nitrogens is 1. The number of hydrogen-bond acceptors (Lipinski definition) is 4. The third kappa shape index (κ3) is 4.44. The second-order valence-electron chi connectivity index (χ2n) is 7.09. The molecule has 0 aliphatic carbocycles. The van der Waals surface area contributed by atoms with Crippen molar-refractivity contribution >= 4 is 20.9 Å². The van der Waals surface area contributed by atoms with Gasteiger partial charge in [-0.25, -0.2) is 13.1 Å². The lowest BCUT2D eigenvalue weighted by atomic mass is 10.1. The summed E-state index contributed by atoms with van der Waals surface area (Å²) in [6, 6.07) is 15.3. The number of aromatic nitrogens is 1. The van der Waals surface area contributed by atoms with Crippen molar-refractivity contribution in [3.8, 4) is 0 Å². The van der Waals surface area contributed by atoms with Gasteiger partial charge in [-0.15, -0.1) is 0 Å². The summed E-state index contributed by atoms with van der Waals surface area (Å²) in [7, 11) is -3.50. The zero-order valence-electron chi connectivity index (χ0n) is 15.6. The summed E-state index contributed by atoms with van der Waals surface area (Å²) in [5, 5.41) is 4.64. The van der Waals surface area contributed by atoms with Gasteiger partial charge in [-0.2, -0.15) is 0 Å². The van der Waals surface area contributed by atoms with Crippen LogP contribution in [0.1, 0.15) is 24.0 Å². The molecule has 148 valence electrons. The van der Waals surface area contributed by atoms with E-state index in [0.717, 1.165) is 30.5 Å². The maximum absolute atomic E-state index is 12.4. The van der Waals surface area contributed by atoms with Crippen LogP contribution in [0.15, 0.2) is 59.6 Å². The molecule has 28 heavy (non-hydrogen) atoms. The van der Waals surface area contributed by atoms with Crippen LogP contribution in [0.25, 0.3) is 10.9 Å². The van der Waals surface area contributed by atoms with E-state index in [1.165, 1.54) is 10.9 Å². The molecule has 1 aliphatic rings. The average Bonchev–Trinajstić information content (AvgIpc) is 3.39.